The Morgan fingerprint density at radius 2 is 1.04 bits per heavy atom. The highest BCUT2D eigenvalue weighted by molar-refractivity contribution is 7.25. The van der Waals surface area contributed by atoms with Crippen molar-refractivity contribution in [3.05, 3.63) is 193 Å². The fourth-order valence-electron chi connectivity index (χ4n) is 8.80. The van der Waals surface area contributed by atoms with E-state index in [-0.39, 0.29) is 5.41 Å². The first-order valence-electron chi connectivity index (χ1n) is 19.2. The van der Waals surface area contributed by atoms with Crippen LogP contribution in [0.15, 0.2) is 182 Å². The first-order chi connectivity index (χ1) is 27.5. The minimum Gasteiger partial charge on any atom is -0.228 e. The Bertz CT molecular complexity index is 3170. The zero-order valence-corrected chi connectivity index (χ0v) is 31.9. The fourth-order valence-corrected chi connectivity index (χ4v) is 9.89. The molecule has 1 aliphatic rings. The predicted octanol–water partition coefficient (Wildman–Crippen LogP) is 14.6. The molecule has 8 aromatic carbocycles. The summed E-state index contributed by atoms with van der Waals surface area (Å²) in [6.45, 7) is 4.66. The molecule has 0 radical (unpaired) electrons. The van der Waals surface area contributed by atoms with Crippen molar-refractivity contribution in [3.8, 4) is 67.3 Å². The number of hydrogen-bond donors (Lipinski definition) is 0. The second-order valence-corrected chi connectivity index (χ2v) is 16.5. The minimum absolute atomic E-state index is 0.113. The van der Waals surface area contributed by atoms with Crippen LogP contribution in [0.25, 0.3) is 98.2 Å². The summed E-state index contributed by atoms with van der Waals surface area (Å²) in [4.78, 5) is 10.7. The smallest absolute Gasteiger partial charge is 0.160 e. The first-order valence-corrected chi connectivity index (χ1v) is 20.0. The third kappa shape index (κ3) is 5.31. The van der Waals surface area contributed by atoms with Gasteiger partial charge >= 0.3 is 0 Å². The van der Waals surface area contributed by atoms with Gasteiger partial charge in [0.25, 0.3) is 0 Å². The van der Waals surface area contributed by atoms with Crippen LogP contribution in [0.2, 0.25) is 0 Å². The summed E-state index contributed by atoms with van der Waals surface area (Å²) >= 11 is 1.85. The van der Waals surface area contributed by atoms with Crippen LogP contribution >= 0.6 is 11.3 Å². The molecular weight excluding hydrogens is 697 g/mol. The quantitative estimate of drug-likeness (QED) is 0.176. The van der Waals surface area contributed by atoms with E-state index in [9.17, 15) is 0 Å². The lowest BCUT2D eigenvalue weighted by Crippen LogP contribution is -2.14. The second kappa shape index (κ2) is 12.7. The van der Waals surface area contributed by atoms with Crippen LogP contribution in [0.1, 0.15) is 25.0 Å². The summed E-state index contributed by atoms with van der Waals surface area (Å²) in [6, 6.07) is 66.1. The van der Waals surface area contributed by atoms with Gasteiger partial charge in [-0.1, -0.05) is 147 Å². The summed E-state index contributed by atoms with van der Waals surface area (Å²) in [5.41, 5.74) is 14.7. The Balaban J connectivity index is 1.16. The van der Waals surface area contributed by atoms with E-state index in [1.54, 1.807) is 0 Å². The maximum atomic E-state index is 5.36. The largest absolute Gasteiger partial charge is 0.228 e. The molecule has 2 aromatic heterocycles. The molecule has 0 atom stereocenters. The highest BCUT2D eigenvalue weighted by Gasteiger charge is 2.36. The first kappa shape index (κ1) is 32.7. The van der Waals surface area contributed by atoms with E-state index in [1.807, 2.05) is 17.4 Å². The molecule has 2 heterocycles. The van der Waals surface area contributed by atoms with Crippen molar-refractivity contribution in [2.45, 2.75) is 19.3 Å². The molecule has 0 spiro atoms. The standard InChI is InChI=1S/C53H36N2S/c1-53(2)45-20-10-8-18-42(45)51-43(19-12-21-46(51)53)48-32-47(54-52(55-48)34-14-4-3-5-15-34)40-29-38(36-24-23-33-13-6-7-16-35(33)27-36)28-39(30-40)37-25-26-50-44(31-37)41-17-9-11-22-49(41)56-50/h3-32H,1-2H3. The Hall–Kier alpha value is -6.68. The number of rotatable bonds is 5. The van der Waals surface area contributed by atoms with E-state index < -0.39 is 0 Å². The van der Waals surface area contributed by atoms with Gasteiger partial charge in [-0.3, -0.25) is 0 Å². The molecule has 0 bridgehead atoms. The summed E-state index contributed by atoms with van der Waals surface area (Å²) < 4.78 is 2.61. The molecule has 0 fully saturated rings. The number of thiophene rings is 1. The van der Waals surface area contributed by atoms with Crippen molar-refractivity contribution >= 4 is 42.3 Å². The van der Waals surface area contributed by atoms with Gasteiger partial charge in [0.1, 0.15) is 0 Å². The van der Waals surface area contributed by atoms with E-state index in [0.29, 0.717) is 5.82 Å². The fraction of sp³-hybridized carbons (Fsp3) is 0.0566. The number of aromatic nitrogens is 2. The average molecular weight is 733 g/mol. The van der Waals surface area contributed by atoms with E-state index in [4.69, 9.17) is 9.97 Å². The van der Waals surface area contributed by atoms with Crippen molar-refractivity contribution in [2.24, 2.45) is 0 Å². The summed E-state index contributed by atoms with van der Waals surface area (Å²) in [7, 11) is 0. The Morgan fingerprint density at radius 1 is 0.393 bits per heavy atom. The molecule has 2 nitrogen and oxygen atoms in total. The lowest BCUT2D eigenvalue weighted by molar-refractivity contribution is 0.660. The molecule has 56 heavy (non-hydrogen) atoms. The van der Waals surface area contributed by atoms with Gasteiger partial charge in [-0.15, -0.1) is 11.3 Å². The van der Waals surface area contributed by atoms with Gasteiger partial charge in [0.15, 0.2) is 5.82 Å². The van der Waals surface area contributed by atoms with Gasteiger partial charge in [-0.05, 0) is 104 Å². The monoisotopic (exact) mass is 732 g/mol. The van der Waals surface area contributed by atoms with Crippen molar-refractivity contribution < 1.29 is 0 Å². The lowest BCUT2D eigenvalue weighted by atomic mass is 9.82. The normalized spacial score (nSPS) is 13.0. The zero-order chi connectivity index (χ0) is 37.4. The predicted molar refractivity (Wildman–Crippen MR) is 237 cm³/mol. The van der Waals surface area contributed by atoms with Gasteiger partial charge in [-0.2, -0.15) is 0 Å². The highest BCUT2D eigenvalue weighted by Crippen LogP contribution is 2.52. The van der Waals surface area contributed by atoms with Crippen molar-refractivity contribution in [2.75, 3.05) is 0 Å². The van der Waals surface area contributed by atoms with Crippen LogP contribution in [0.5, 0.6) is 0 Å². The van der Waals surface area contributed by atoms with Crippen LogP contribution in [0.3, 0.4) is 0 Å². The summed E-state index contributed by atoms with van der Waals surface area (Å²) in [5.74, 6) is 0.713. The van der Waals surface area contributed by atoms with Crippen LogP contribution in [-0.4, -0.2) is 9.97 Å². The SMILES string of the molecule is CC1(C)c2ccccc2-c2c(-c3cc(-c4cc(-c5ccc6ccccc6c5)cc(-c5ccc6sc7ccccc7c6c5)c4)nc(-c4ccccc4)n3)cccc21. The van der Waals surface area contributed by atoms with E-state index in [0.717, 1.165) is 39.2 Å². The average Bonchev–Trinajstić information content (AvgIpc) is 3.75. The number of benzene rings is 8. The molecule has 3 heteroatoms. The number of hydrogen-bond acceptors (Lipinski definition) is 3. The van der Waals surface area contributed by atoms with Crippen LogP contribution in [0, 0.1) is 0 Å². The van der Waals surface area contributed by atoms with Gasteiger partial charge in [-0.25, -0.2) is 9.97 Å². The topological polar surface area (TPSA) is 25.8 Å². The molecule has 0 unspecified atom stereocenters. The molecule has 0 N–H and O–H groups in total. The van der Waals surface area contributed by atoms with Gasteiger partial charge in [0.2, 0.25) is 0 Å². The van der Waals surface area contributed by atoms with Crippen molar-refractivity contribution in [1.82, 2.24) is 9.97 Å². The highest BCUT2D eigenvalue weighted by atomic mass is 32.1. The maximum Gasteiger partial charge on any atom is 0.160 e. The molecule has 0 saturated heterocycles. The van der Waals surface area contributed by atoms with Gasteiger partial charge in [0, 0.05) is 42.3 Å². The lowest BCUT2D eigenvalue weighted by Gasteiger charge is -2.21. The zero-order valence-electron chi connectivity index (χ0n) is 31.1. The minimum atomic E-state index is -0.113. The van der Waals surface area contributed by atoms with Crippen LogP contribution < -0.4 is 0 Å². The van der Waals surface area contributed by atoms with E-state index in [1.165, 1.54) is 64.3 Å². The molecular formula is C53H36N2S. The number of nitrogens with zero attached hydrogens (tertiary/aromatic N) is 2. The summed E-state index contributed by atoms with van der Waals surface area (Å²) in [6.07, 6.45) is 0. The van der Waals surface area contributed by atoms with Crippen LogP contribution in [0.4, 0.5) is 0 Å². The third-order valence-electron chi connectivity index (χ3n) is 11.7. The van der Waals surface area contributed by atoms with Gasteiger partial charge in [0.05, 0.1) is 11.4 Å². The van der Waals surface area contributed by atoms with Gasteiger partial charge < -0.3 is 0 Å². The van der Waals surface area contributed by atoms with Crippen molar-refractivity contribution in [1.29, 1.82) is 0 Å². The molecule has 1 aliphatic carbocycles. The Morgan fingerprint density at radius 3 is 1.91 bits per heavy atom. The van der Waals surface area contributed by atoms with Crippen molar-refractivity contribution in [3.63, 3.8) is 0 Å². The maximum absolute atomic E-state index is 5.36. The Kier molecular flexibility index (Phi) is 7.42. The van der Waals surface area contributed by atoms with E-state index >= 15 is 0 Å². The molecule has 10 aromatic rings. The van der Waals surface area contributed by atoms with Crippen LogP contribution in [-0.2, 0) is 5.41 Å². The molecule has 11 rings (SSSR count). The molecule has 0 saturated carbocycles. The molecule has 0 aliphatic heterocycles. The molecule has 264 valence electrons. The van der Waals surface area contributed by atoms with E-state index in [2.05, 4.69) is 190 Å². The Labute approximate surface area is 330 Å². The third-order valence-corrected chi connectivity index (χ3v) is 12.8. The second-order valence-electron chi connectivity index (χ2n) is 15.4. The molecule has 0 amide bonds. The summed E-state index contributed by atoms with van der Waals surface area (Å²) in [5, 5.41) is 5.04. The number of fused-ring (bicyclic) bond motifs is 7.